The van der Waals surface area contributed by atoms with Crippen molar-refractivity contribution in [2.45, 2.75) is 76.6 Å². The minimum atomic E-state index is -0.572. The molecule has 3 heterocycles. The van der Waals surface area contributed by atoms with Gasteiger partial charge in [0.15, 0.2) is 0 Å². The molecular weight excluding hydrogens is 318 g/mol. The number of fused-ring (bicyclic) bond motifs is 2. The number of rotatable bonds is 4. The van der Waals surface area contributed by atoms with E-state index < -0.39 is 5.60 Å². The summed E-state index contributed by atoms with van der Waals surface area (Å²) in [5.41, 5.74) is 1.69. The van der Waals surface area contributed by atoms with Crippen molar-refractivity contribution in [3.63, 3.8) is 0 Å². The molecule has 2 atom stereocenters. The Balaban J connectivity index is 1.85. The van der Waals surface area contributed by atoms with Crippen LogP contribution in [0.1, 0.15) is 50.9 Å². The first-order chi connectivity index (χ1) is 9.54. The molecule has 20 heavy (non-hydrogen) atoms. The molecule has 3 rings (SSSR count). The van der Waals surface area contributed by atoms with E-state index in [0.717, 1.165) is 41.7 Å². The van der Waals surface area contributed by atoms with Gasteiger partial charge in [0.2, 0.25) is 0 Å². The molecule has 0 saturated carbocycles. The van der Waals surface area contributed by atoms with Crippen molar-refractivity contribution < 1.29 is 5.11 Å². The average Bonchev–Trinajstić information content (AvgIpc) is 2.91. The zero-order chi connectivity index (χ0) is 14.3. The molecule has 2 N–H and O–H groups in total. The summed E-state index contributed by atoms with van der Waals surface area (Å²) in [6, 6.07) is 1.00. The van der Waals surface area contributed by atoms with E-state index in [9.17, 15) is 5.11 Å². The van der Waals surface area contributed by atoms with Gasteiger partial charge < -0.3 is 10.4 Å². The van der Waals surface area contributed by atoms with Gasteiger partial charge in [-0.15, -0.1) is 0 Å². The third-order valence-corrected chi connectivity index (χ3v) is 5.69. The molecule has 2 aliphatic heterocycles. The third kappa shape index (κ3) is 2.55. The summed E-state index contributed by atoms with van der Waals surface area (Å²) >= 11 is 3.69. The average molecular weight is 342 g/mol. The highest BCUT2D eigenvalue weighted by atomic mass is 79.9. The summed E-state index contributed by atoms with van der Waals surface area (Å²) in [7, 11) is 0. The van der Waals surface area contributed by atoms with Crippen LogP contribution >= 0.6 is 15.9 Å². The molecule has 2 unspecified atom stereocenters. The highest BCUT2D eigenvalue weighted by molar-refractivity contribution is 9.10. The maximum Gasteiger partial charge on any atom is 0.0766 e. The molecule has 1 aromatic rings. The normalized spacial score (nSPS) is 32.8. The fourth-order valence-corrected chi connectivity index (χ4v) is 4.57. The summed E-state index contributed by atoms with van der Waals surface area (Å²) in [5.74, 6) is 0. The second-order valence-corrected chi connectivity index (χ2v) is 7.12. The zero-order valence-electron chi connectivity index (χ0n) is 12.3. The van der Waals surface area contributed by atoms with Gasteiger partial charge in [-0.3, -0.25) is 4.68 Å². The predicted molar refractivity (Wildman–Crippen MR) is 82.8 cm³/mol. The summed E-state index contributed by atoms with van der Waals surface area (Å²) < 4.78 is 3.14. The van der Waals surface area contributed by atoms with Gasteiger partial charge in [-0.1, -0.05) is 6.92 Å². The first-order valence-corrected chi connectivity index (χ1v) is 8.56. The Morgan fingerprint density at radius 2 is 2.00 bits per heavy atom. The van der Waals surface area contributed by atoms with Crippen LogP contribution in [0.2, 0.25) is 0 Å². The monoisotopic (exact) mass is 341 g/mol. The summed E-state index contributed by atoms with van der Waals surface area (Å²) in [6.45, 7) is 5.09. The van der Waals surface area contributed by atoms with E-state index in [1.165, 1.54) is 12.8 Å². The minimum absolute atomic E-state index is 0.501. The van der Waals surface area contributed by atoms with Gasteiger partial charge in [0.25, 0.3) is 0 Å². The molecule has 2 saturated heterocycles. The molecular formula is C15H24BrN3O. The highest BCUT2D eigenvalue weighted by Crippen LogP contribution is 2.37. The Kier molecular flexibility index (Phi) is 3.95. The molecule has 2 aliphatic rings. The van der Waals surface area contributed by atoms with Crippen LogP contribution in [0.3, 0.4) is 0 Å². The number of halogens is 1. The van der Waals surface area contributed by atoms with Gasteiger partial charge in [-0.2, -0.15) is 5.10 Å². The lowest BCUT2D eigenvalue weighted by Crippen LogP contribution is -2.49. The molecule has 5 heteroatoms. The first kappa shape index (κ1) is 14.5. The Bertz CT molecular complexity index is 488. The number of hydrogen-bond acceptors (Lipinski definition) is 3. The fraction of sp³-hybridized carbons (Fsp3) is 0.800. The number of hydrogen-bond donors (Lipinski definition) is 2. The maximum atomic E-state index is 11.0. The highest BCUT2D eigenvalue weighted by Gasteiger charge is 2.43. The third-order valence-electron chi connectivity index (χ3n) is 4.78. The largest absolute Gasteiger partial charge is 0.389 e. The first-order valence-electron chi connectivity index (χ1n) is 7.77. The number of aryl methyl sites for hydroxylation is 2. The van der Waals surface area contributed by atoms with E-state index in [2.05, 4.69) is 40.2 Å². The summed E-state index contributed by atoms with van der Waals surface area (Å²) in [6.07, 6.45) is 5.79. The maximum absolute atomic E-state index is 11.0. The van der Waals surface area contributed by atoms with Crippen LogP contribution in [0, 0.1) is 0 Å². The van der Waals surface area contributed by atoms with Crippen LogP contribution in [0.4, 0.5) is 0 Å². The van der Waals surface area contributed by atoms with Crippen molar-refractivity contribution in [2.75, 3.05) is 0 Å². The van der Waals surface area contributed by atoms with Crippen LogP contribution in [-0.2, 0) is 19.4 Å². The number of aliphatic hydroxyl groups is 1. The Morgan fingerprint density at radius 1 is 1.35 bits per heavy atom. The van der Waals surface area contributed by atoms with Crippen LogP contribution < -0.4 is 5.32 Å². The van der Waals surface area contributed by atoms with Crippen molar-refractivity contribution in [1.82, 2.24) is 15.1 Å². The number of nitrogens with zero attached hydrogens (tertiary/aromatic N) is 2. The second-order valence-electron chi connectivity index (χ2n) is 6.32. The van der Waals surface area contributed by atoms with Gasteiger partial charge in [-0.05, 0) is 55.0 Å². The smallest absolute Gasteiger partial charge is 0.0766 e. The van der Waals surface area contributed by atoms with Gasteiger partial charge >= 0.3 is 0 Å². The van der Waals surface area contributed by atoms with Crippen molar-refractivity contribution in [3.8, 4) is 0 Å². The minimum Gasteiger partial charge on any atom is -0.389 e. The van der Waals surface area contributed by atoms with Gasteiger partial charge in [0, 0.05) is 25.0 Å². The van der Waals surface area contributed by atoms with Crippen molar-refractivity contribution in [2.24, 2.45) is 0 Å². The van der Waals surface area contributed by atoms with E-state index in [0.29, 0.717) is 18.5 Å². The molecule has 2 bridgehead atoms. The SMILES string of the molecule is CCc1nn(CC)c(CC2(O)CC3CCC(C2)N3)c1Br. The van der Waals surface area contributed by atoms with E-state index in [4.69, 9.17) is 0 Å². The van der Waals surface area contributed by atoms with Crippen molar-refractivity contribution in [3.05, 3.63) is 15.9 Å². The lowest BCUT2D eigenvalue weighted by Gasteiger charge is -2.37. The molecule has 0 radical (unpaired) electrons. The molecule has 0 aromatic carbocycles. The number of piperidine rings is 1. The fourth-order valence-electron chi connectivity index (χ4n) is 3.87. The van der Waals surface area contributed by atoms with Crippen LogP contribution in [0.5, 0.6) is 0 Å². The van der Waals surface area contributed by atoms with Gasteiger partial charge in [-0.25, -0.2) is 0 Å². The molecule has 2 fully saturated rings. The van der Waals surface area contributed by atoms with E-state index in [1.54, 1.807) is 0 Å². The van der Waals surface area contributed by atoms with Crippen molar-refractivity contribution >= 4 is 15.9 Å². The van der Waals surface area contributed by atoms with E-state index in [1.807, 2.05) is 4.68 Å². The van der Waals surface area contributed by atoms with Crippen LogP contribution in [0.15, 0.2) is 4.47 Å². The molecule has 0 spiro atoms. The Morgan fingerprint density at radius 3 is 2.55 bits per heavy atom. The number of aromatic nitrogens is 2. The molecule has 0 aliphatic carbocycles. The quantitative estimate of drug-likeness (QED) is 0.884. The second kappa shape index (κ2) is 5.43. The van der Waals surface area contributed by atoms with Crippen LogP contribution in [0.25, 0.3) is 0 Å². The lowest BCUT2D eigenvalue weighted by atomic mass is 9.83. The lowest BCUT2D eigenvalue weighted by molar-refractivity contribution is -0.00781. The molecule has 1 aromatic heterocycles. The molecule has 4 nitrogen and oxygen atoms in total. The summed E-state index contributed by atoms with van der Waals surface area (Å²) in [4.78, 5) is 0. The molecule has 0 amide bonds. The zero-order valence-corrected chi connectivity index (χ0v) is 13.9. The van der Waals surface area contributed by atoms with Crippen LogP contribution in [-0.4, -0.2) is 32.6 Å². The summed E-state index contributed by atoms with van der Waals surface area (Å²) in [5, 5.41) is 19.3. The van der Waals surface area contributed by atoms with E-state index >= 15 is 0 Å². The number of nitrogens with one attached hydrogen (secondary N) is 1. The standard InChI is InChI=1S/C15H24BrN3O/c1-3-12-14(16)13(19(4-2)18-12)9-15(20)7-10-5-6-11(8-15)17-10/h10-11,17,20H,3-9H2,1-2H3. The Hall–Kier alpha value is -0.390. The molecule has 112 valence electrons. The topological polar surface area (TPSA) is 50.1 Å². The van der Waals surface area contributed by atoms with E-state index in [-0.39, 0.29) is 0 Å². The van der Waals surface area contributed by atoms with Gasteiger partial charge in [0.05, 0.1) is 21.5 Å². The predicted octanol–water partition coefficient (Wildman–Crippen LogP) is 2.42. The Labute approximate surface area is 129 Å². The van der Waals surface area contributed by atoms with Crippen molar-refractivity contribution in [1.29, 1.82) is 0 Å². The van der Waals surface area contributed by atoms with Gasteiger partial charge in [0.1, 0.15) is 0 Å².